The molecule has 1 heterocycles. The number of urea groups is 1. The maximum Gasteiger partial charge on any atom is 0.367 e. The fourth-order valence-electron chi connectivity index (χ4n) is 0.481. The largest absolute Gasteiger partial charge is 0.367 e. The third kappa shape index (κ3) is 0.804. The van der Waals surface area contributed by atoms with Crippen LogP contribution in [0.1, 0.15) is 13.3 Å². The summed E-state index contributed by atoms with van der Waals surface area (Å²) in [5, 5.41) is 0. The van der Waals surface area contributed by atoms with Gasteiger partial charge in [0.1, 0.15) is 0 Å². The van der Waals surface area contributed by atoms with Gasteiger partial charge in [-0.1, -0.05) is 6.92 Å². The zero-order chi connectivity index (χ0) is 5.98. The number of amides is 2. The normalized spacial score (nSPS) is 17.1. The van der Waals surface area contributed by atoms with Crippen LogP contribution in [0, 0.1) is 0 Å². The van der Waals surface area contributed by atoms with Gasteiger partial charge in [0.05, 0.1) is 11.9 Å². The van der Waals surface area contributed by atoms with Crippen molar-refractivity contribution in [1.29, 1.82) is 0 Å². The van der Waals surface area contributed by atoms with Gasteiger partial charge in [0.15, 0.2) is 0 Å². The van der Waals surface area contributed by atoms with E-state index in [9.17, 15) is 4.79 Å². The van der Waals surface area contributed by atoms with E-state index in [1.54, 1.807) is 0 Å². The first-order valence-electron chi connectivity index (χ1n) is 2.48. The Hall–Kier alpha value is -0.990. The van der Waals surface area contributed by atoms with Crippen LogP contribution in [-0.2, 0) is 0 Å². The van der Waals surface area contributed by atoms with E-state index in [2.05, 4.69) is 9.98 Å². The third-order valence-electron chi connectivity index (χ3n) is 0.925. The quantitative estimate of drug-likeness (QED) is 0.497. The number of hydrogen-bond acceptors (Lipinski definition) is 1. The van der Waals surface area contributed by atoms with Crippen molar-refractivity contribution < 1.29 is 4.79 Å². The van der Waals surface area contributed by atoms with E-state index >= 15 is 0 Å². The summed E-state index contributed by atoms with van der Waals surface area (Å²) in [6, 6.07) is -0.373. The van der Waals surface area contributed by atoms with Gasteiger partial charge >= 0.3 is 6.03 Å². The maximum atomic E-state index is 10.2. The fraction of sp³-hybridized carbons (Fsp3) is 0.400. The lowest BCUT2D eigenvalue weighted by atomic mass is 10.3. The maximum absolute atomic E-state index is 10.2. The summed E-state index contributed by atoms with van der Waals surface area (Å²) in [7, 11) is 0. The lowest BCUT2D eigenvalue weighted by Crippen LogP contribution is -1.90. The van der Waals surface area contributed by atoms with Crippen LogP contribution in [0.3, 0.4) is 0 Å². The topological polar surface area (TPSA) is 41.8 Å². The number of carbonyl (C=O) groups is 1. The van der Waals surface area contributed by atoms with Gasteiger partial charge in [-0.3, -0.25) is 0 Å². The second-order valence-electron chi connectivity index (χ2n) is 1.50. The summed E-state index contributed by atoms with van der Waals surface area (Å²) >= 11 is 0. The van der Waals surface area contributed by atoms with Gasteiger partial charge in [0, 0.05) is 0 Å². The fourth-order valence-corrected chi connectivity index (χ4v) is 0.481. The van der Waals surface area contributed by atoms with Crippen LogP contribution >= 0.6 is 0 Å². The molecule has 0 aromatic rings. The number of aliphatic imine (C=N–C) groups is 2. The number of rotatable bonds is 1. The molecular weight excluding hydrogens is 104 g/mol. The summed E-state index contributed by atoms with van der Waals surface area (Å²) in [5.74, 6) is 0. The summed E-state index contributed by atoms with van der Waals surface area (Å²) in [6.07, 6.45) is 2.29. The molecule has 0 saturated carbocycles. The Bertz CT molecular complexity index is 169. The number of hydrogen-bond donors (Lipinski definition) is 0. The monoisotopic (exact) mass is 110 g/mol. The Kier molecular flexibility index (Phi) is 1.20. The van der Waals surface area contributed by atoms with Crippen LogP contribution in [-0.4, -0.2) is 18.0 Å². The first-order chi connectivity index (χ1) is 3.83. The van der Waals surface area contributed by atoms with Crippen molar-refractivity contribution >= 4 is 18.0 Å². The molecular formula is C5H6N2O. The standard InChI is InChI=1S/C5H6N2O/c1-2-4-3-6-5(8)7-4/h3H,2H2,1H3. The molecule has 0 saturated heterocycles. The van der Waals surface area contributed by atoms with Crippen LogP contribution in [0.5, 0.6) is 0 Å². The van der Waals surface area contributed by atoms with Gasteiger partial charge in [0.2, 0.25) is 0 Å². The predicted molar refractivity (Wildman–Crippen MR) is 31.6 cm³/mol. The molecule has 1 aliphatic rings. The predicted octanol–water partition coefficient (Wildman–Crippen LogP) is 1.04. The highest BCUT2D eigenvalue weighted by Crippen LogP contribution is 1.94. The zero-order valence-electron chi connectivity index (χ0n) is 4.59. The molecule has 0 aromatic carbocycles. The molecule has 0 radical (unpaired) electrons. The second kappa shape index (κ2) is 1.86. The van der Waals surface area contributed by atoms with Crippen LogP contribution < -0.4 is 0 Å². The summed E-state index contributed by atoms with van der Waals surface area (Å²) < 4.78 is 0. The molecule has 0 atom stereocenters. The molecule has 42 valence electrons. The van der Waals surface area contributed by atoms with Gasteiger partial charge in [-0.15, -0.1) is 0 Å². The summed E-state index contributed by atoms with van der Waals surface area (Å²) in [4.78, 5) is 17.2. The molecule has 0 unspecified atom stereocenters. The molecule has 0 aromatic heterocycles. The highest BCUT2D eigenvalue weighted by atomic mass is 16.2. The first-order valence-corrected chi connectivity index (χ1v) is 2.48. The Morgan fingerprint density at radius 2 is 2.50 bits per heavy atom. The van der Waals surface area contributed by atoms with Crippen molar-refractivity contribution in [2.45, 2.75) is 13.3 Å². The van der Waals surface area contributed by atoms with Crippen molar-refractivity contribution in [3.05, 3.63) is 0 Å². The zero-order valence-corrected chi connectivity index (χ0v) is 4.59. The molecule has 0 spiro atoms. The van der Waals surface area contributed by atoms with Crippen molar-refractivity contribution in [2.24, 2.45) is 9.98 Å². The molecule has 0 N–H and O–H groups in total. The molecule has 3 nitrogen and oxygen atoms in total. The average Bonchev–Trinajstić information content (AvgIpc) is 2.14. The van der Waals surface area contributed by atoms with E-state index in [0.717, 1.165) is 12.1 Å². The van der Waals surface area contributed by atoms with Crippen molar-refractivity contribution in [1.82, 2.24) is 0 Å². The van der Waals surface area contributed by atoms with Crippen LogP contribution in [0.15, 0.2) is 9.98 Å². The molecule has 8 heavy (non-hydrogen) atoms. The molecule has 3 heteroatoms. The first kappa shape index (κ1) is 5.15. The second-order valence-corrected chi connectivity index (χ2v) is 1.50. The SMILES string of the molecule is CCC1=NC(=O)N=C1. The van der Waals surface area contributed by atoms with E-state index in [1.165, 1.54) is 6.21 Å². The van der Waals surface area contributed by atoms with Crippen molar-refractivity contribution in [3.8, 4) is 0 Å². The average molecular weight is 110 g/mol. The van der Waals surface area contributed by atoms with Gasteiger partial charge in [-0.2, -0.15) is 9.98 Å². The Morgan fingerprint density at radius 3 is 2.75 bits per heavy atom. The number of nitrogens with zero attached hydrogens (tertiary/aromatic N) is 2. The van der Waals surface area contributed by atoms with E-state index in [-0.39, 0.29) is 6.03 Å². The highest BCUT2D eigenvalue weighted by Gasteiger charge is 2.03. The van der Waals surface area contributed by atoms with Crippen LogP contribution in [0.25, 0.3) is 0 Å². The minimum Gasteiger partial charge on any atom is -0.244 e. The lowest BCUT2D eigenvalue weighted by Gasteiger charge is -1.79. The van der Waals surface area contributed by atoms with E-state index in [4.69, 9.17) is 0 Å². The lowest BCUT2D eigenvalue weighted by molar-refractivity contribution is 0.257. The molecule has 0 bridgehead atoms. The van der Waals surface area contributed by atoms with E-state index in [1.807, 2.05) is 6.92 Å². The van der Waals surface area contributed by atoms with Crippen molar-refractivity contribution in [3.63, 3.8) is 0 Å². The van der Waals surface area contributed by atoms with Gasteiger partial charge in [-0.25, -0.2) is 4.79 Å². The van der Waals surface area contributed by atoms with Gasteiger partial charge < -0.3 is 0 Å². The number of carbonyl (C=O) groups excluding carboxylic acids is 1. The minimum absolute atomic E-state index is 0.373. The Morgan fingerprint density at radius 1 is 1.75 bits per heavy atom. The van der Waals surface area contributed by atoms with E-state index in [0.29, 0.717) is 0 Å². The van der Waals surface area contributed by atoms with Crippen LogP contribution in [0.4, 0.5) is 4.79 Å². The van der Waals surface area contributed by atoms with E-state index < -0.39 is 0 Å². The third-order valence-corrected chi connectivity index (χ3v) is 0.925. The Balaban J connectivity index is 2.72. The van der Waals surface area contributed by atoms with Gasteiger partial charge in [-0.05, 0) is 6.42 Å². The molecule has 1 rings (SSSR count). The highest BCUT2D eigenvalue weighted by molar-refractivity contribution is 6.37. The summed E-state index contributed by atoms with van der Waals surface area (Å²) in [5.41, 5.74) is 0.773. The molecule has 1 aliphatic heterocycles. The molecule has 0 fully saturated rings. The Labute approximate surface area is 47.1 Å². The van der Waals surface area contributed by atoms with Crippen LogP contribution in [0.2, 0.25) is 0 Å². The summed E-state index contributed by atoms with van der Waals surface area (Å²) in [6.45, 7) is 1.93. The molecule has 2 amide bonds. The van der Waals surface area contributed by atoms with Crippen molar-refractivity contribution in [2.75, 3.05) is 0 Å². The molecule has 0 aliphatic carbocycles. The minimum atomic E-state index is -0.373. The smallest absolute Gasteiger partial charge is 0.244 e. The van der Waals surface area contributed by atoms with Gasteiger partial charge in [0.25, 0.3) is 0 Å².